The number of carbonyl (C=O) groups is 8. The lowest BCUT2D eigenvalue weighted by Crippen LogP contribution is -2.35. The minimum atomic E-state index is -4.39. The summed E-state index contributed by atoms with van der Waals surface area (Å²) in [7, 11) is -4.39. The minimum absolute atomic E-state index is 0.143. The summed E-state index contributed by atoms with van der Waals surface area (Å²) in [5.41, 5.74) is -0.845. The molecule has 0 saturated carbocycles. The number of sulfone groups is 1. The fraction of sp³-hybridized carbons (Fsp3) is 0.231. The van der Waals surface area contributed by atoms with Gasteiger partial charge in [0, 0.05) is 36.1 Å². The number of hydrogen-bond acceptors (Lipinski definition) is 10. The van der Waals surface area contributed by atoms with Crippen LogP contribution in [0.4, 0.5) is 0 Å². The highest BCUT2D eigenvalue weighted by Crippen LogP contribution is 2.34. The molecule has 0 spiro atoms. The summed E-state index contributed by atoms with van der Waals surface area (Å²) in [6, 6.07) is 6.26. The highest BCUT2D eigenvalue weighted by atomic mass is 32.2. The fourth-order valence-corrected chi connectivity index (χ4v) is 5.74. The molecular formula is C26H20N2O10S. The zero-order valence-corrected chi connectivity index (χ0v) is 21.3. The minimum Gasteiger partial charge on any atom is -0.349 e. The average molecular weight is 553 g/mol. The van der Waals surface area contributed by atoms with Crippen molar-refractivity contribution in [2.24, 2.45) is 11.8 Å². The van der Waals surface area contributed by atoms with Crippen LogP contribution in [0.5, 0.6) is 0 Å². The number of rotatable bonds is 8. The van der Waals surface area contributed by atoms with Crippen molar-refractivity contribution < 1.29 is 46.8 Å². The molecule has 0 bridgehead atoms. The Bertz CT molecular complexity index is 1540. The Labute approximate surface area is 221 Å². The smallest absolute Gasteiger partial charge is 0.217 e. The average Bonchev–Trinajstić information content (AvgIpc) is 3.29. The van der Waals surface area contributed by atoms with Gasteiger partial charge in [-0.2, -0.15) is 0 Å². The van der Waals surface area contributed by atoms with E-state index in [4.69, 9.17) is 0 Å². The van der Waals surface area contributed by atoms with Gasteiger partial charge < -0.3 is 10.6 Å². The summed E-state index contributed by atoms with van der Waals surface area (Å²) in [5, 5.41) is 4.43. The van der Waals surface area contributed by atoms with Crippen LogP contribution in [-0.4, -0.2) is 68.0 Å². The van der Waals surface area contributed by atoms with E-state index >= 15 is 0 Å². The van der Waals surface area contributed by atoms with Crippen molar-refractivity contribution in [1.82, 2.24) is 10.6 Å². The molecule has 39 heavy (non-hydrogen) atoms. The number of Topliss-reactive ketones (excluding diaryl/α,β-unsaturated/α-hetero) is 6. The van der Waals surface area contributed by atoms with Gasteiger partial charge in [-0.25, -0.2) is 8.42 Å². The molecule has 0 aliphatic heterocycles. The van der Waals surface area contributed by atoms with Crippen molar-refractivity contribution >= 4 is 56.4 Å². The molecule has 0 saturated heterocycles. The normalized spacial score (nSPS) is 18.0. The van der Waals surface area contributed by atoms with Gasteiger partial charge in [0.1, 0.15) is 11.8 Å². The van der Waals surface area contributed by atoms with Crippen LogP contribution in [0.15, 0.2) is 46.2 Å². The van der Waals surface area contributed by atoms with Crippen LogP contribution in [0, 0.1) is 11.8 Å². The van der Waals surface area contributed by atoms with Gasteiger partial charge >= 0.3 is 0 Å². The lowest BCUT2D eigenvalue weighted by atomic mass is 9.98. The Morgan fingerprint density at radius 3 is 1.28 bits per heavy atom. The van der Waals surface area contributed by atoms with Gasteiger partial charge in [-0.15, -0.1) is 0 Å². The predicted molar refractivity (Wildman–Crippen MR) is 130 cm³/mol. The molecule has 200 valence electrons. The summed E-state index contributed by atoms with van der Waals surface area (Å²) in [5.74, 6) is -9.61. The zero-order valence-electron chi connectivity index (χ0n) is 20.5. The third-order valence-electron chi connectivity index (χ3n) is 6.38. The Hall–Kier alpha value is -4.65. The standard InChI is InChI=1S/C26H20N2O10S/c1-11(29)27-9-19(31)21-23(33)15-5-3-13(7-17(15)25(21)35)39(37,38)14-4-6-16-18(8-14)26(36)22(24(16)34)20(32)10-28-12(2)30/h3-8,21-22H,9-10H2,1-2H3,(H,27,29)(H,28,30). The number of ketones is 6. The van der Waals surface area contributed by atoms with Crippen molar-refractivity contribution in [1.29, 1.82) is 0 Å². The summed E-state index contributed by atoms with van der Waals surface area (Å²) < 4.78 is 26.7. The van der Waals surface area contributed by atoms with Crippen molar-refractivity contribution in [3.63, 3.8) is 0 Å². The highest BCUT2D eigenvalue weighted by molar-refractivity contribution is 7.91. The van der Waals surface area contributed by atoms with E-state index in [1.54, 1.807) is 0 Å². The first-order valence-electron chi connectivity index (χ1n) is 11.5. The van der Waals surface area contributed by atoms with E-state index in [9.17, 15) is 46.8 Å². The first kappa shape index (κ1) is 27.4. The Morgan fingerprint density at radius 1 is 0.615 bits per heavy atom. The number of nitrogens with one attached hydrogen (secondary N) is 2. The fourth-order valence-electron chi connectivity index (χ4n) is 4.43. The second kappa shape index (κ2) is 9.91. The van der Waals surface area contributed by atoms with E-state index in [0.717, 1.165) is 50.2 Å². The van der Waals surface area contributed by atoms with Gasteiger partial charge in [-0.1, -0.05) is 0 Å². The van der Waals surface area contributed by atoms with Crippen molar-refractivity contribution in [2.75, 3.05) is 13.1 Å². The summed E-state index contributed by atoms with van der Waals surface area (Å²) in [6.45, 7) is 1.22. The van der Waals surface area contributed by atoms with Gasteiger partial charge in [0.2, 0.25) is 21.7 Å². The van der Waals surface area contributed by atoms with Gasteiger partial charge in [-0.3, -0.25) is 38.4 Å². The number of hydrogen-bond donors (Lipinski definition) is 2. The van der Waals surface area contributed by atoms with E-state index in [1.165, 1.54) is 0 Å². The predicted octanol–water partition coefficient (Wildman–Crippen LogP) is -0.0798. The topological polar surface area (TPSA) is 195 Å². The van der Waals surface area contributed by atoms with E-state index in [1.807, 2.05) is 0 Å². The van der Waals surface area contributed by atoms with Crippen molar-refractivity contribution in [3.8, 4) is 0 Å². The SMILES string of the molecule is CC(=O)NCC(=O)C1C(=O)c2ccc(S(=O)(=O)c3ccc4c(c3)C(=O)C(C(=O)CNC(C)=O)C4=O)cc2C1=O. The van der Waals surface area contributed by atoms with Crippen LogP contribution in [0.25, 0.3) is 0 Å². The molecule has 2 atom stereocenters. The third kappa shape index (κ3) is 4.72. The van der Waals surface area contributed by atoms with Crippen LogP contribution in [0.1, 0.15) is 55.3 Å². The molecule has 0 fully saturated rings. The third-order valence-corrected chi connectivity index (χ3v) is 8.13. The van der Waals surface area contributed by atoms with E-state index in [2.05, 4.69) is 10.6 Å². The van der Waals surface area contributed by atoms with Crippen LogP contribution >= 0.6 is 0 Å². The van der Waals surface area contributed by atoms with Crippen LogP contribution in [-0.2, 0) is 29.0 Å². The maximum absolute atomic E-state index is 13.4. The maximum Gasteiger partial charge on any atom is 0.217 e. The van der Waals surface area contributed by atoms with Gasteiger partial charge in [0.25, 0.3) is 0 Å². The van der Waals surface area contributed by atoms with Gasteiger partial charge in [0.15, 0.2) is 34.7 Å². The van der Waals surface area contributed by atoms with Crippen LogP contribution in [0.2, 0.25) is 0 Å². The lowest BCUT2D eigenvalue weighted by Gasteiger charge is -2.08. The van der Waals surface area contributed by atoms with Gasteiger partial charge in [-0.05, 0) is 36.4 Å². The largest absolute Gasteiger partial charge is 0.349 e. The molecular weight excluding hydrogens is 532 g/mol. The van der Waals surface area contributed by atoms with E-state index in [0.29, 0.717) is 0 Å². The van der Waals surface area contributed by atoms with Gasteiger partial charge in [0.05, 0.1) is 22.9 Å². The monoisotopic (exact) mass is 552 g/mol. The molecule has 2 aliphatic rings. The van der Waals surface area contributed by atoms with Crippen LogP contribution in [0.3, 0.4) is 0 Å². The van der Waals surface area contributed by atoms with Crippen molar-refractivity contribution in [3.05, 3.63) is 58.7 Å². The number of amides is 2. The molecule has 13 heteroatoms. The molecule has 0 aromatic heterocycles. The molecule has 2 N–H and O–H groups in total. The number of benzene rings is 2. The molecule has 2 aliphatic carbocycles. The highest BCUT2D eigenvalue weighted by Gasteiger charge is 2.45. The summed E-state index contributed by atoms with van der Waals surface area (Å²) in [6.07, 6.45) is 0. The van der Waals surface area contributed by atoms with E-state index in [-0.39, 0.29) is 22.3 Å². The first-order chi connectivity index (χ1) is 18.2. The second-order valence-corrected chi connectivity index (χ2v) is 10.9. The second-order valence-electron chi connectivity index (χ2n) is 8.99. The molecule has 0 radical (unpaired) electrons. The molecule has 0 heterocycles. The number of carbonyl (C=O) groups excluding carboxylic acids is 8. The van der Waals surface area contributed by atoms with Crippen LogP contribution < -0.4 is 10.6 Å². The number of fused-ring (bicyclic) bond motifs is 2. The maximum atomic E-state index is 13.4. The quantitative estimate of drug-likeness (QED) is 0.418. The molecule has 2 amide bonds. The Morgan fingerprint density at radius 2 is 0.949 bits per heavy atom. The van der Waals surface area contributed by atoms with E-state index < -0.39 is 91.1 Å². The zero-order chi connectivity index (χ0) is 28.8. The molecule has 2 aromatic carbocycles. The Kier molecular flexibility index (Phi) is 6.96. The lowest BCUT2D eigenvalue weighted by molar-refractivity contribution is -0.124. The Balaban J connectivity index is 1.64. The molecule has 4 rings (SSSR count). The summed E-state index contributed by atoms with van der Waals surface area (Å²) >= 11 is 0. The van der Waals surface area contributed by atoms with Crippen molar-refractivity contribution in [2.45, 2.75) is 23.6 Å². The molecule has 2 unspecified atom stereocenters. The molecule has 12 nitrogen and oxygen atoms in total. The summed E-state index contributed by atoms with van der Waals surface area (Å²) in [4.78, 5) is 97.1. The first-order valence-corrected chi connectivity index (χ1v) is 13.0. The molecule has 2 aromatic rings.